The van der Waals surface area contributed by atoms with E-state index in [4.69, 9.17) is 5.73 Å². The lowest BCUT2D eigenvalue weighted by atomic mass is 10.0. The topological polar surface area (TPSA) is 72.6 Å². The standard InChI is InChI=1S/C13H17F3N2O3S/c1-9-8-10(17)6-7-18(9)22(19,20)12-4-2-11(3-5-12)21-13(14,15)16/h2-5,9-10H,6-8,17H2,1H3/t9-,10+/m1/s1. The molecular formula is C13H17F3N2O3S. The summed E-state index contributed by atoms with van der Waals surface area (Å²) in [4.78, 5) is -0.0654. The quantitative estimate of drug-likeness (QED) is 0.916. The van der Waals surface area contributed by atoms with Gasteiger partial charge in [-0.2, -0.15) is 4.31 Å². The number of nitrogens with zero attached hydrogens (tertiary/aromatic N) is 1. The van der Waals surface area contributed by atoms with Crippen LogP contribution in [0.5, 0.6) is 5.75 Å². The summed E-state index contributed by atoms with van der Waals surface area (Å²) >= 11 is 0. The van der Waals surface area contributed by atoms with Crippen molar-refractivity contribution in [2.75, 3.05) is 6.54 Å². The highest BCUT2D eigenvalue weighted by atomic mass is 32.2. The lowest BCUT2D eigenvalue weighted by Crippen LogP contribution is -2.48. The molecule has 0 amide bonds. The summed E-state index contributed by atoms with van der Waals surface area (Å²) in [5, 5.41) is 0. The van der Waals surface area contributed by atoms with Crippen molar-refractivity contribution in [3.8, 4) is 5.75 Å². The summed E-state index contributed by atoms with van der Waals surface area (Å²) in [7, 11) is -3.75. The molecule has 5 nitrogen and oxygen atoms in total. The first-order valence-corrected chi connectivity index (χ1v) is 8.17. The van der Waals surface area contributed by atoms with Crippen LogP contribution in [0.25, 0.3) is 0 Å². The van der Waals surface area contributed by atoms with Crippen molar-refractivity contribution in [1.29, 1.82) is 0 Å². The highest BCUT2D eigenvalue weighted by molar-refractivity contribution is 7.89. The molecule has 1 heterocycles. The maximum Gasteiger partial charge on any atom is 0.573 e. The van der Waals surface area contributed by atoms with Crippen molar-refractivity contribution in [2.45, 2.75) is 43.1 Å². The molecule has 1 aromatic carbocycles. The zero-order valence-electron chi connectivity index (χ0n) is 11.9. The minimum absolute atomic E-state index is 0.0380. The molecule has 0 unspecified atom stereocenters. The molecule has 1 aliphatic heterocycles. The number of rotatable bonds is 3. The SMILES string of the molecule is C[C@@H]1C[C@@H](N)CCN1S(=O)(=O)c1ccc(OC(F)(F)F)cc1. The van der Waals surface area contributed by atoms with E-state index in [9.17, 15) is 21.6 Å². The molecule has 0 aliphatic carbocycles. The van der Waals surface area contributed by atoms with Crippen molar-refractivity contribution in [3.63, 3.8) is 0 Å². The van der Waals surface area contributed by atoms with Gasteiger partial charge < -0.3 is 10.5 Å². The van der Waals surface area contributed by atoms with Crippen molar-refractivity contribution < 1.29 is 26.3 Å². The van der Waals surface area contributed by atoms with Gasteiger partial charge in [-0.25, -0.2) is 8.42 Å². The van der Waals surface area contributed by atoms with Crippen LogP contribution < -0.4 is 10.5 Å². The normalized spacial score (nSPS) is 24.2. The molecule has 0 bridgehead atoms. The molecule has 22 heavy (non-hydrogen) atoms. The van der Waals surface area contributed by atoms with Crippen LogP contribution in [-0.4, -0.2) is 37.7 Å². The van der Waals surface area contributed by atoms with Crippen molar-refractivity contribution >= 4 is 10.0 Å². The number of halogens is 3. The summed E-state index contributed by atoms with van der Waals surface area (Å²) in [6.45, 7) is 2.06. The molecule has 0 aromatic heterocycles. The van der Waals surface area contributed by atoms with E-state index in [-0.39, 0.29) is 17.0 Å². The first kappa shape index (κ1) is 17.0. The van der Waals surface area contributed by atoms with Crippen LogP contribution in [0, 0.1) is 0 Å². The molecule has 124 valence electrons. The maximum absolute atomic E-state index is 12.5. The fourth-order valence-electron chi connectivity index (χ4n) is 2.49. The lowest BCUT2D eigenvalue weighted by Gasteiger charge is -2.35. The van der Waals surface area contributed by atoms with Crippen molar-refractivity contribution in [3.05, 3.63) is 24.3 Å². The Morgan fingerprint density at radius 2 is 1.86 bits per heavy atom. The first-order valence-electron chi connectivity index (χ1n) is 6.73. The van der Waals surface area contributed by atoms with Gasteiger partial charge in [0.2, 0.25) is 10.0 Å². The average molecular weight is 338 g/mol. The van der Waals surface area contributed by atoms with Gasteiger partial charge in [0.1, 0.15) is 5.75 Å². The lowest BCUT2D eigenvalue weighted by molar-refractivity contribution is -0.274. The van der Waals surface area contributed by atoms with Gasteiger partial charge in [-0.05, 0) is 44.0 Å². The largest absolute Gasteiger partial charge is 0.573 e. The highest BCUT2D eigenvalue weighted by Crippen LogP contribution is 2.28. The highest BCUT2D eigenvalue weighted by Gasteiger charge is 2.34. The third kappa shape index (κ3) is 3.90. The van der Waals surface area contributed by atoms with Gasteiger partial charge in [0.15, 0.2) is 0 Å². The summed E-state index contributed by atoms with van der Waals surface area (Å²) < 4.78 is 66.4. The van der Waals surface area contributed by atoms with Gasteiger partial charge in [0.25, 0.3) is 0 Å². The summed E-state index contributed by atoms with van der Waals surface area (Å²) in [6, 6.07) is 3.90. The van der Waals surface area contributed by atoms with E-state index in [1.807, 2.05) is 0 Å². The smallest absolute Gasteiger partial charge is 0.406 e. The molecule has 1 aliphatic rings. The van der Waals surface area contributed by atoms with E-state index >= 15 is 0 Å². The number of piperidine rings is 1. The Bertz CT molecular complexity index is 616. The number of ether oxygens (including phenoxy) is 1. The number of hydrogen-bond donors (Lipinski definition) is 1. The van der Waals surface area contributed by atoms with E-state index in [1.165, 1.54) is 4.31 Å². The molecule has 0 spiro atoms. The van der Waals surface area contributed by atoms with E-state index in [0.717, 1.165) is 24.3 Å². The van der Waals surface area contributed by atoms with Crippen LogP contribution in [-0.2, 0) is 10.0 Å². The second kappa shape index (κ2) is 6.05. The molecule has 1 saturated heterocycles. The van der Waals surface area contributed by atoms with Crippen LogP contribution >= 0.6 is 0 Å². The second-order valence-electron chi connectivity index (χ2n) is 5.27. The van der Waals surface area contributed by atoms with Crippen LogP contribution in [0.2, 0.25) is 0 Å². The third-order valence-electron chi connectivity index (χ3n) is 3.52. The molecule has 0 radical (unpaired) electrons. The Hall–Kier alpha value is -1.32. The average Bonchev–Trinajstić information content (AvgIpc) is 2.36. The van der Waals surface area contributed by atoms with Gasteiger partial charge in [-0.1, -0.05) is 0 Å². The number of hydrogen-bond acceptors (Lipinski definition) is 4. The van der Waals surface area contributed by atoms with Gasteiger partial charge in [-0.15, -0.1) is 13.2 Å². The molecule has 2 atom stereocenters. The maximum atomic E-state index is 12.5. The predicted molar refractivity (Wildman–Crippen MR) is 73.7 cm³/mol. The van der Waals surface area contributed by atoms with E-state index < -0.39 is 22.1 Å². The number of sulfonamides is 1. The minimum atomic E-state index is -4.81. The zero-order valence-corrected chi connectivity index (χ0v) is 12.7. The van der Waals surface area contributed by atoms with Crippen LogP contribution in [0.15, 0.2) is 29.2 Å². The zero-order chi connectivity index (χ0) is 16.5. The summed E-state index contributed by atoms with van der Waals surface area (Å²) in [5.74, 6) is -0.458. The fraction of sp³-hybridized carbons (Fsp3) is 0.538. The Labute approximate surface area is 126 Å². The molecule has 2 rings (SSSR count). The van der Waals surface area contributed by atoms with Gasteiger partial charge in [0.05, 0.1) is 4.90 Å². The Morgan fingerprint density at radius 3 is 2.36 bits per heavy atom. The van der Waals surface area contributed by atoms with Gasteiger partial charge in [0, 0.05) is 18.6 Å². The molecule has 1 fully saturated rings. The minimum Gasteiger partial charge on any atom is -0.406 e. The molecular weight excluding hydrogens is 321 g/mol. The Balaban J connectivity index is 2.19. The van der Waals surface area contributed by atoms with Crippen LogP contribution in [0.3, 0.4) is 0 Å². The monoisotopic (exact) mass is 338 g/mol. The summed E-state index contributed by atoms with van der Waals surface area (Å²) in [5.41, 5.74) is 5.80. The Kier molecular flexibility index (Phi) is 4.69. The fourth-order valence-corrected chi connectivity index (χ4v) is 4.15. The van der Waals surface area contributed by atoms with Gasteiger partial charge >= 0.3 is 6.36 Å². The molecule has 1 aromatic rings. The molecule has 0 saturated carbocycles. The number of benzene rings is 1. The van der Waals surface area contributed by atoms with Crippen LogP contribution in [0.1, 0.15) is 19.8 Å². The van der Waals surface area contributed by atoms with Gasteiger partial charge in [-0.3, -0.25) is 0 Å². The second-order valence-corrected chi connectivity index (χ2v) is 7.16. The Morgan fingerprint density at radius 1 is 1.27 bits per heavy atom. The van der Waals surface area contributed by atoms with E-state index in [0.29, 0.717) is 19.4 Å². The van der Waals surface area contributed by atoms with E-state index in [1.54, 1.807) is 6.92 Å². The molecule has 2 N–H and O–H groups in total. The molecule has 9 heteroatoms. The predicted octanol–water partition coefficient (Wildman–Crippen LogP) is 2.09. The van der Waals surface area contributed by atoms with Crippen molar-refractivity contribution in [2.24, 2.45) is 5.73 Å². The number of nitrogens with two attached hydrogens (primary N) is 1. The first-order chi connectivity index (χ1) is 10.1. The van der Waals surface area contributed by atoms with Crippen LogP contribution in [0.4, 0.5) is 13.2 Å². The van der Waals surface area contributed by atoms with E-state index in [2.05, 4.69) is 4.74 Å². The third-order valence-corrected chi connectivity index (χ3v) is 5.55. The number of alkyl halides is 3. The summed E-state index contributed by atoms with van der Waals surface area (Å²) in [6.07, 6.45) is -3.70. The van der Waals surface area contributed by atoms with Crippen molar-refractivity contribution in [1.82, 2.24) is 4.31 Å².